The predicted octanol–water partition coefficient (Wildman–Crippen LogP) is 3.58. The Morgan fingerprint density at radius 1 is 1.31 bits per heavy atom. The van der Waals surface area contributed by atoms with E-state index in [0.29, 0.717) is 18.8 Å². The predicted molar refractivity (Wildman–Crippen MR) is 106 cm³/mol. The highest BCUT2D eigenvalue weighted by Crippen LogP contribution is 2.48. The van der Waals surface area contributed by atoms with Crippen molar-refractivity contribution >= 4 is 22.8 Å². The van der Waals surface area contributed by atoms with Crippen molar-refractivity contribution in [2.75, 3.05) is 0 Å². The summed E-state index contributed by atoms with van der Waals surface area (Å²) in [5, 5.41) is 7.03. The van der Waals surface area contributed by atoms with E-state index in [1.165, 1.54) is 11.3 Å². The molecule has 0 bridgehead atoms. The average Bonchev–Trinajstić information content (AvgIpc) is 3.29. The first-order valence-electron chi connectivity index (χ1n) is 9.82. The Morgan fingerprint density at radius 2 is 2.14 bits per heavy atom. The third-order valence-corrected chi connectivity index (χ3v) is 6.91. The van der Waals surface area contributed by atoms with E-state index in [4.69, 9.17) is 5.73 Å². The highest BCUT2D eigenvalue weighted by Gasteiger charge is 2.47. The van der Waals surface area contributed by atoms with Crippen molar-refractivity contribution in [1.29, 1.82) is 0 Å². The number of carbonyl (C=O) groups excluding carboxylic acids is 1. The summed E-state index contributed by atoms with van der Waals surface area (Å²) in [4.78, 5) is 18.4. The summed E-state index contributed by atoms with van der Waals surface area (Å²) < 4.78 is 30.3. The van der Waals surface area contributed by atoms with Crippen molar-refractivity contribution in [3.05, 3.63) is 40.5 Å². The molecule has 3 heterocycles. The first kappa shape index (κ1) is 18.6. The molecule has 2 aliphatic carbocycles. The third-order valence-electron chi connectivity index (χ3n) is 5.69. The number of thiazole rings is 1. The van der Waals surface area contributed by atoms with Gasteiger partial charge in [0.05, 0.1) is 17.4 Å². The molecule has 0 aliphatic heterocycles. The van der Waals surface area contributed by atoms with Crippen molar-refractivity contribution in [2.24, 2.45) is 5.73 Å². The van der Waals surface area contributed by atoms with Gasteiger partial charge in [-0.15, -0.1) is 11.3 Å². The molecule has 2 atom stereocenters. The van der Waals surface area contributed by atoms with Crippen LogP contribution < -0.4 is 11.1 Å². The van der Waals surface area contributed by atoms with Gasteiger partial charge in [-0.1, -0.05) is 6.07 Å². The summed E-state index contributed by atoms with van der Waals surface area (Å²) >= 11 is 1.29. The summed E-state index contributed by atoms with van der Waals surface area (Å²) in [6.07, 6.45) is 6.25. The van der Waals surface area contributed by atoms with Crippen LogP contribution in [0, 0.1) is 0 Å². The molecular weight excluding hydrogens is 396 g/mol. The van der Waals surface area contributed by atoms with Gasteiger partial charge in [0.25, 0.3) is 11.8 Å². The van der Waals surface area contributed by atoms with Crippen molar-refractivity contribution in [1.82, 2.24) is 19.9 Å². The second-order valence-electron chi connectivity index (χ2n) is 7.86. The Bertz CT molecular complexity index is 1070. The fraction of sp³-hybridized carbons (Fsp3) is 0.450. The second-order valence-corrected chi connectivity index (χ2v) is 8.89. The van der Waals surface area contributed by atoms with E-state index in [-0.39, 0.29) is 11.4 Å². The minimum atomic E-state index is -3.00. The van der Waals surface area contributed by atoms with E-state index >= 15 is 0 Å². The molecule has 1 amide bonds. The number of aromatic nitrogens is 3. The molecule has 2 aliphatic rings. The molecule has 2 saturated carbocycles. The molecule has 6 nitrogen and oxygen atoms in total. The monoisotopic (exact) mass is 417 g/mol. The van der Waals surface area contributed by atoms with Crippen molar-refractivity contribution < 1.29 is 13.6 Å². The fourth-order valence-corrected chi connectivity index (χ4v) is 5.14. The lowest BCUT2D eigenvalue weighted by Crippen LogP contribution is -2.59. The standard InChI is InChI=1S/C20H21F2N5OS/c21-20(22)8-3-4-13(23)17(20)26-18(28)19-25-15(16(29-19)11-6-7-11)12-10-24-27-9-2-1-5-14(12)27/h1-2,5,9-11,13,17H,3-4,6-8,23H2,(H,26,28). The van der Waals surface area contributed by atoms with E-state index in [9.17, 15) is 13.6 Å². The van der Waals surface area contributed by atoms with Crippen LogP contribution in [-0.4, -0.2) is 38.5 Å². The van der Waals surface area contributed by atoms with Gasteiger partial charge >= 0.3 is 0 Å². The molecule has 0 saturated heterocycles. The van der Waals surface area contributed by atoms with Crippen LogP contribution in [0.25, 0.3) is 16.8 Å². The summed E-state index contributed by atoms with van der Waals surface area (Å²) in [5.41, 5.74) is 8.36. The van der Waals surface area contributed by atoms with Gasteiger partial charge in [-0.3, -0.25) is 4.79 Å². The molecule has 2 fully saturated rings. The molecule has 0 aromatic carbocycles. The molecule has 29 heavy (non-hydrogen) atoms. The van der Waals surface area contributed by atoms with Crippen molar-refractivity contribution in [3.8, 4) is 11.3 Å². The summed E-state index contributed by atoms with van der Waals surface area (Å²) in [5.74, 6) is -3.22. The number of halogens is 2. The Morgan fingerprint density at radius 3 is 2.90 bits per heavy atom. The number of hydrogen-bond acceptors (Lipinski definition) is 5. The Kier molecular flexibility index (Phi) is 4.40. The van der Waals surface area contributed by atoms with Gasteiger partial charge in [-0.25, -0.2) is 18.3 Å². The molecule has 0 spiro atoms. The highest BCUT2D eigenvalue weighted by atomic mass is 32.1. The van der Waals surface area contributed by atoms with Crippen LogP contribution in [-0.2, 0) is 0 Å². The van der Waals surface area contributed by atoms with Crippen LogP contribution in [0.15, 0.2) is 30.6 Å². The SMILES string of the molecule is NC1CCCC(F)(F)C1NC(=O)c1nc(-c2cnn3ccccc23)c(C2CC2)s1. The highest BCUT2D eigenvalue weighted by molar-refractivity contribution is 7.14. The largest absolute Gasteiger partial charge is 0.340 e. The normalized spacial score (nSPS) is 24.0. The lowest BCUT2D eigenvalue weighted by molar-refractivity contribution is -0.0674. The molecule has 0 radical (unpaired) electrons. The first-order chi connectivity index (χ1) is 13.9. The molecule has 3 N–H and O–H groups in total. The van der Waals surface area contributed by atoms with Crippen LogP contribution in [0.2, 0.25) is 0 Å². The van der Waals surface area contributed by atoms with E-state index in [1.54, 1.807) is 10.7 Å². The zero-order valence-electron chi connectivity index (χ0n) is 15.6. The average molecular weight is 417 g/mol. The number of amides is 1. The Labute approximate surface area is 170 Å². The smallest absolute Gasteiger partial charge is 0.280 e. The number of nitrogens with one attached hydrogen (secondary N) is 1. The number of nitrogens with two attached hydrogens (primary N) is 1. The van der Waals surface area contributed by atoms with Gasteiger partial charge in [0.15, 0.2) is 5.01 Å². The molecule has 5 rings (SSSR count). The van der Waals surface area contributed by atoms with Gasteiger partial charge in [-0.05, 0) is 43.7 Å². The third kappa shape index (κ3) is 3.32. The van der Waals surface area contributed by atoms with Gasteiger partial charge in [0.1, 0.15) is 6.04 Å². The summed E-state index contributed by atoms with van der Waals surface area (Å²) in [6.45, 7) is 0. The van der Waals surface area contributed by atoms with E-state index in [1.807, 2.05) is 24.4 Å². The van der Waals surface area contributed by atoms with E-state index in [0.717, 1.165) is 34.5 Å². The van der Waals surface area contributed by atoms with Crippen molar-refractivity contribution in [2.45, 2.75) is 56.0 Å². The minimum absolute atomic E-state index is 0.200. The van der Waals surface area contributed by atoms with Crippen LogP contribution in [0.3, 0.4) is 0 Å². The number of hydrogen-bond donors (Lipinski definition) is 2. The first-order valence-corrected chi connectivity index (χ1v) is 10.6. The van der Waals surface area contributed by atoms with Crippen LogP contribution >= 0.6 is 11.3 Å². The molecule has 152 valence electrons. The number of fused-ring (bicyclic) bond motifs is 1. The van der Waals surface area contributed by atoms with Gasteiger partial charge < -0.3 is 11.1 Å². The Hall–Kier alpha value is -2.39. The molecule has 3 aromatic heterocycles. The maximum atomic E-state index is 14.3. The lowest BCUT2D eigenvalue weighted by atomic mass is 9.87. The number of nitrogens with zero attached hydrogens (tertiary/aromatic N) is 3. The van der Waals surface area contributed by atoms with Crippen LogP contribution in [0.5, 0.6) is 0 Å². The lowest BCUT2D eigenvalue weighted by Gasteiger charge is -2.36. The molecule has 9 heteroatoms. The van der Waals surface area contributed by atoms with Gasteiger partial charge in [0.2, 0.25) is 0 Å². The maximum absolute atomic E-state index is 14.3. The summed E-state index contributed by atoms with van der Waals surface area (Å²) in [6, 6.07) is 3.63. The van der Waals surface area contributed by atoms with Gasteiger partial charge in [-0.2, -0.15) is 5.10 Å². The van der Waals surface area contributed by atoms with Gasteiger partial charge in [0, 0.05) is 29.1 Å². The number of rotatable bonds is 4. The van der Waals surface area contributed by atoms with E-state index < -0.39 is 23.9 Å². The van der Waals surface area contributed by atoms with E-state index in [2.05, 4.69) is 15.4 Å². The zero-order valence-corrected chi connectivity index (χ0v) is 16.5. The van der Waals surface area contributed by atoms with Crippen molar-refractivity contribution in [3.63, 3.8) is 0 Å². The van der Waals surface area contributed by atoms with Crippen LogP contribution in [0.4, 0.5) is 8.78 Å². The minimum Gasteiger partial charge on any atom is -0.340 e. The fourth-order valence-electron chi connectivity index (χ4n) is 3.99. The number of carbonyl (C=O) groups is 1. The quantitative estimate of drug-likeness (QED) is 0.680. The maximum Gasteiger partial charge on any atom is 0.280 e. The molecule has 2 unspecified atom stereocenters. The second kappa shape index (κ2) is 6.84. The molecule has 3 aromatic rings. The molecular formula is C20H21F2N5OS. The number of pyridine rings is 1. The Balaban J connectivity index is 1.49. The number of alkyl halides is 2. The zero-order chi connectivity index (χ0) is 20.2. The summed E-state index contributed by atoms with van der Waals surface area (Å²) in [7, 11) is 0. The topological polar surface area (TPSA) is 85.3 Å². The van der Waals surface area contributed by atoms with Crippen LogP contribution in [0.1, 0.15) is 52.7 Å².